The lowest BCUT2D eigenvalue weighted by atomic mass is 10.3. The molecule has 28 heavy (non-hydrogen) atoms. The Morgan fingerprint density at radius 3 is 2.57 bits per heavy atom. The van der Waals surface area contributed by atoms with Crippen molar-refractivity contribution in [2.75, 3.05) is 20.2 Å². The highest BCUT2D eigenvalue weighted by Crippen LogP contribution is 2.15. The van der Waals surface area contributed by atoms with Gasteiger partial charge in [-0.2, -0.15) is 0 Å². The summed E-state index contributed by atoms with van der Waals surface area (Å²) in [6.45, 7) is 0.200. The van der Waals surface area contributed by atoms with Gasteiger partial charge in [-0.25, -0.2) is 14.3 Å². The molecule has 9 nitrogen and oxygen atoms in total. The first kappa shape index (κ1) is 19.7. The number of aromatic nitrogens is 4. The molecule has 0 atom stereocenters. The van der Waals surface area contributed by atoms with Crippen molar-refractivity contribution < 1.29 is 9.53 Å². The van der Waals surface area contributed by atoms with Gasteiger partial charge in [-0.15, -0.1) is 0 Å². The van der Waals surface area contributed by atoms with Crippen LogP contribution < -0.4 is 16.0 Å². The van der Waals surface area contributed by atoms with Crippen LogP contribution in [0.5, 0.6) is 5.75 Å². The predicted octanol–water partition coefficient (Wildman–Crippen LogP) is 0.624. The topological polar surface area (TPSA) is 91.4 Å². The van der Waals surface area contributed by atoms with Crippen molar-refractivity contribution in [3.8, 4) is 5.75 Å². The van der Waals surface area contributed by atoms with E-state index in [9.17, 15) is 14.4 Å². The molecule has 3 aromatic rings. The number of fused-ring (bicyclic) bond motifs is 1. The molecule has 0 spiro atoms. The van der Waals surface area contributed by atoms with Crippen LogP contribution in [0, 0.1) is 0 Å². The molecule has 0 saturated heterocycles. The minimum atomic E-state index is -0.588. The van der Waals surface area contributed by atoms with Crippen molar-refractivity contribution in [2.24, 2.45) is 14.1 Å². The molecule has 3 rings (SSSR count). The number of imidazole rings is 1. The van der Waals surface area contributed by atoms with Gasteiger partial charge in [0.05, 0.1) is 12.9 Å². The third kappa shape index (κ3) is 3.79. The van der Waals surface area contributed by atoms with Crippen molar-refractivity contribution in [3.05, 3.63) is 56.5 Å². The lowest BCUT2D eigenvalue weighted by Gasteiger charge is -2.18. The van der Waals surface area contributed by atoms with E-state index in [-0.39, 0.29) is 30.2 Å². The smallest absolute Gasteiger partial charge is 0.332 e. The van der Waals surface area contributed by atoms with Crippen molar-refractivity contribution in [3.63, 3.8) is 0 Å². The first-order chi connectivity index (χ1) is 13.3. The fourth-order valence-electron chi connectivity index (χ4n) is 2.75. The van der Waals surface area contributed by atoms with Gasteiger partial charge in [-0.1, -0.05) is 11.6 Å². The van der Waals surface area contributed by atoms with Crippen LogP contribution in [-0.2, 0) is 25.4 Å². The molecule has 10 heteroatoms. The average Bonchev–Trinajstić information content (AvgIpc) is 3.06. The van der Waals surface area contributed by atoms with Gasteiger partial charge < -0.3 is 14.2 Å². The number of likely N-dealkylation sites (N-methyl/N-ethyl adjacent to an activating group) is 1. The Labute approximate surface area is 165 Å². The molecule has 0 aliphatic carbocycles. The third-order valence-electron chi connectivity index (χ3n) is 4.43. The molecule has 0 N–H and O–H groups in total. The molecule has 0 saturated carbocycles. The molecule has 0 fully saturated rings. The van der Waals surface area contributed by atoms with Gasteiger partial charge in [0.25, 0.3) is 5.56 Å². The van der Waals surface area contributed by atoms with E-state index >= 15 is 0 Å². The summed E-state index contributed by atoms with van der Waals surface area (Å²) in [6.07, 6.45) is 1.46. The maximum atomic E-state index is 12.7. The zero-order chi connectivity index (χ0) is 20.4. The van der Waals surface area contributed by atoms with Crippen LogP contribution in [0.25, 0.3) is 11.2 Å². The van der Waals surface area contributed by atoms with E-state index in [4.69, 9.17) is 16.3 Å². The van der Waals surface area contributed by atoms with Crippen LogP contribution >= 0.6 is 11.6 Å². The number of rotatable bonds is 6. The number of aryl methyl sites for hydroxylation is 2. The molecule has 1 aromatic carbocycles. The molecule has 2 heterocycles. The number of hydrogen-bond donors (Lipinski definition) is 0. The van der Waals surface area contributed by atoms with Gasteiger partial charge in [0, 0.05) is 26.2 Å². The van der Waals surface area contributed by atoms with Crippen LogP contribution in [-0.4, -0.2) is 49.7 Å². The lowest BCUT2D eigenvalue weighted by Crippen LogP contribution is -2.44. The Hall–Kier alpha value is -3.07. The second-order valence-corrected chi connectivity index (χ2v) is 6.81. The normalized spacial score (nSPS) is 11.0. The number of halogens is 1. The molecule has 2 aromatic heterocycles. The fourth-order valence-corrected chi connectivity index (χ4v) is 2.87. The predicted molar refractivity (Wildman–Crippen MR) is 105 cm³/mol. The highest BCUT2D eigenvalue weighted by molar-refractivity contribution is 6.30. The number of hydrogen-bond acceptors (Lipinski definition) is 5. The Morgan fingerprint density at radius 2 is 1.89 bits per heavy atom. The van der Waals surface area contributed by atoms with E-state index in [1.54, 1.807) is 38.4 Å². The van der Waals surface area contributed by atoms with Gasteiger partial charge in [0.2, 0.25) is 5.91 Å². The Morgan fingerprint density at radius 1 is 1.21 bits per heavy atom. The van der Waals surface area contributed by atoms with E-state index in [0.29, 0.717) is 17.3 Å². The zero-order valence-corrected chi connectivity index (χ0v) is 16.5. The first-order valence-corrected chi connectivity index (χ1v) is 8.90. The molecule has 0 unspecified atom stereocenters. The van der Waals surface area contributed by atoms with Crippen molar-refractivity contribution in [1.82, 2.24) is 23.6 Å². The Bertz CT molecular complexity index is 1130. The average molecular weight is 406 g/mol. The first-order valence-electron chi connectivity index (χ1n) is 8.52. The molecule has 1 amide bonds. The van der Waals surface area contributed by atoms with E-state index in [2.05, 4.69) is 4.98 Å². The van der Waals surface area contributed by atoms with Crippen LogP contribution in [0.2, 0.25) is 5.02 Å². The SMILES string of the molecule is CN(CCOc1ccc(Cl)cc1)C(=O)Cn1c(=O)c2c(ncn2C)n(C)c1=O. The highest BCUT2D eigenvalue weighted by Gasteiger charge is 2.18. The molecule has 0 aliphatic heterocycles. The fraction of sp³-hybridized carbons (Fsp3) is 0.333. The van der Waals surface area contributed by atoms with Gasteiger partial charge in [0.15, 0.2) is 11.2 Å². The van der Waals surface area contributed by atoms with Gasteiger partial charge in [-0.05, 0) is 24.3 Å². The summed E-state index contributed by atoms with van der Waals surface area (Å²) in [6, 6.07) is 6.89. The second kappa shape index (κ2) is 7.89. The second-order valence-electron chi connectivity index (χ2n) is 6.38. The van der Waals surface area contributed by atoms with Crippen LogP contribution in [0.4, 0.5) is 0 Å². The van der Waals surface area contributed by atoms with E-state index in [1.807, 2.05) is 0 Å². The van der Waals surface area contributed by atoms with Gasteiger partial charge >= 0.3 is 5.69 Å². The Balaban J connectivity index is 1.70. The minimum Gasteiger partial charge on any atom is -0.492 e. The third-order valence-corrected chi connectivity index (χ3v) is 4.68. The summed E-state index contributed by atoms with van der Waals surface area (Å²) >= 11 is 5.82. The monoisotopic (exact) mass is 405 g/mol. The Kier molecular flexibility index (Phi) is 5.55. The quantitative estimate of drug-likeness (QED) is 0.599. The van der Waals surface area contributed by atoms with E-state index < -0.39 is 11.2 Å². The largest absolute Gasteiger partial charge is 0.492 e. The highest BCUT2D eigenvalue weighted by atomic mass is 35.5. The number of amides is 1. The summed E-state index contributed by atoms with van der Waals surface area (Å²) in [5.74, 6) is 0.262. The van der Waals surface area contributed by atoms with Crippen molar-refractivity contribution >= 4 is 28.7 Å². The summed E-state index contributed by atoms with van der Waals surface area (Å²) in [4.78, 5) is 43.1. The van der Waals surface area contributed by atoms with Gasteiger partial charge in [-0.3, -0.25) is 14.2 Å². The number of carbonyl (C=O) groups excluding carboxylic acids is 1. The lowest BCUT2D eigenvalue weighted by molar-refractivity contribution is -0.131. The summed E-state index contributed by atoms with van der Waals surface area (Å²) in [5.41, 5.74) is -0.581. The van der Waals surface area contributed by atoms with Crippen LogP contribution in [0.3, 0.4) is 0 Å². The molecule has 0 bridgehead atoms. The maximum Gasteiger partial charge on any atom is 0.332 e. The van der Waals surface area contributed by atoms with E-state index in [1.165, 1.54) is 27.4 Å². The molecule has 0 radical (unpaired) electrons. The number of ether oxygens (including phenoxy) is 1. The van der Waals surface area contributed by atoms with Crippen LogP contribution in [0.1, 0.15) is 0 Å². The van der Waals surface area contributed by atoms with Crippen LogP contribution in [0.15, 0.2) is 40.2 Å². The molecule has 148 valence electrons. The zero-order valence-electron chi connectivity index (χ0n) is 15.8. The summed E-state index contributed by atoms with van der Waals surface area (Å²) in [5, 5.41) is 0.608. The number of carbonyl (C=O) groups is 1. The van der Waals surface area contributed by atoms with Crippen molar-refractivity contribution in [2.45, 2.75) is 6.54 Å². The summed E-state index contributed by atoms with van der Waals surface area (Å²) in [7, 11) is 4.76. The molecular weight excluding hydrogens is 386 g/mol. The van der Waals surface area contributed by atoms with Gasteiger partial charge in [0.1, 0.15) is 18.9 Å². The summed E-state index contributed by atoms with van der Waals surface area (Å²) < 4.78 is 9.27. The molecule has 0 aliphatic rings. The number of nitrogens with zero attached hydrogens (tertiary/aromatic N) is 5. The van der Waals surface area contributed by atoms with E-state index in [0.717, 1.165) is 4.57 Å². The minimum absolute atomic E-state index is 0.261. The number of benzene rings is 1. The van der Waals surface area contributed by atoms with Crippen molar-refractivity contribution in [1.29, 1.82) is 0 Å². The molecular formula is C18H20ClN5O4. The maximum absolute atomic E-state index is 12.7. The standard InChI is InChI=1S/C18H20ClN5O4/c1-21(8-9-28-13-6-4-12(19)5-7-13)14(25)10-24-17(26)15-16(20-11-22(15)2)23(3)18(24)27/h4-7,11H,8-10H2,1-3H3.